The third-order valence-electron chi connectivity index (χ3n) is 2.24. The maximum Gasteiger partial charge on any atom is 0.0102 e. The highest BCUT2D eigenvalue weighted by atomic mass is 14.9. The molecule has 1 heteroatoms. The van der Waals surface area contributed by atoms with Crippen LogP contribution in [0, 0.1) is 0 Å². The molecule has 0 aromatic carbocycles. The molecule has 1 atom stereocenters. The molecule has 0 saturated carbocycles. The van der Waals surface area contributed by atoms with Gasteiger partial charge in [0.2, 0.25) is 0 Å². The fourth-order valence-electron chi connectivity index (χ4n) is 1.55. The molecule has 1 nitrogen and oxygen atoms in total. The van der Waals surface area contributed by atoms with Crippen LogP contribution in [0.2, 0.25) is 0 Å². The van der Waals surface area contributed by atoms with E-state index in [1.54, 1.807) is 0 Å². The van der Waals surface area contributed by atoms with Gasteiger partial charge in [-0.2, -0.15) is 0 Å². The van der Waals surface area contributed by atoms with Crippen LogP contribution in [0.15, 0.2) is 12.2 Å². The number of allylic oxidation sites excluding steroid dienone is 1. The average molecular weight is 153 g/mol. The number of hydrogen-bond acceptors (Lipinski definition) is 1. The number of nitrogens with one attached hydrogen (secondary N) is 1. The van der Waals surface area contributed by atoms with Gasteiger partial charge in [0.05, 0.1) is 0 Å². The molecular formula is C10H19N. The van der Waals surface area contributed by atoms with Crippen LogP contribution in [0.25, 0.3) is 0 Å². The summed E-state index contributed by atoms with van der Waals surface area (Å²) in [5.74, 6) is 0. The Balaban J connectivity index is 2.09. The number of rotatable bonds is 3. The van der Waals surface area contributed by atoms with Crippen molar-refractivity contribution >= 4 is 0 Å². The van der Waals surface area contributed by atoms with E-state index in [1.165, 1.54) is 38.6 Å². The molecule has 0 aromatic heterocycles. The van der Waals surface area contributed by atoms with Crippen LogP contribution in [-0.4, -0.2) is 12.6 Å². The molecular weight excluding hydrogens is 134 g/mol. The Morgan fingerprint density at radius 2 is 2.27 bits per heavy atom. The van der Waals surface area contributed by atoms with E-state index in [-0.39, 0.29) is 0 Å². The normalized spacial score (nSPS) is 26.1. The van der Waals surface area contributed by atoms with Crippen molar-refractivity contribution in [3.8, 4) is 0 Å². The van der Waals surface area contributed by atoms with Gasteiger partial charge in [-0.3, -0.25) is 0 Å². The molecule has 11 heavy (non-hydrogen) atoms. The first-order chi connectivity index (χ1) is 5.43. The van der Waals surface area contributed by atoms with Crippen molar-refractivity contribution in [1.82, 2.24) is 5.32 Å². The van der Waals surface area contributed by atoms with E-state index in [2.05, 4.69) is 24.4 Å². The van der Waals surface area contributed by atoms with Crippen LogP contribution in [-0.2, 0) is 0 Å². The highest BCUT2D eigenvalue weighted by molar-refractivity contribution is 4.86. The minimum absolute atomic E-state index is 0.770. The molecule has 0 aliphatic carbocycles. The molecule has 1 rings (SSSR count). The van der Waals surface area contributed by atoms with Gasteiger partial charge in [0.1, 0.15) is 0 Å². The summed E-state index contributed by atoms with van der Waals surface area (Å²) < 4.78 is 0. The third kappa shape index (κ3) is 3.57. The molecule has 1 saturated heterocycles. The fraction of sp³-hybridized carbons (Fsp3) is 0.800. The van der Waals surface area contributed by atoms with Gasteiger partial charge in [-0.05, 0) is 32.2 Å². The molecule has 1 unspecified atom stereocenters. The zero-order valence-corrected chi connectivity index (χ0v) is 7.47. The Bertz CT molecular complexity index is 112. The van der Waals surface area contributed by atoms with Crippen molar-refractivity contribution in [3.05, 3.63) is 12.2 Å². The van der Waals surface area contributed by atoms with Crippen molar-refractivity contribution in [2.24, 2.45) is 0 Å². The van der Waals surface area contributed by atoms with E-state index in [0.717, 1.165) is 6.04 Å². The summed E-state index contributed by atoms with van der Waals surface area (Å²) >= 11 is 0. The maximum absolute atomic E-state index is 3.53. The summed E-state index contributed by atoms with van der Waals surface area (Å²) in [6, 6.07) is 0.770. The number of piperidine rings is 1. The molecule has 0 aromatic rings. The first kappa shape index (κ1) is 8.79. The summed E-state index contributed by atoms with van der Waals surface area (Å²) in [5, 5.41) is 3.53. The first-order valence-electron chi connectivity index (χ1n) is 4.82. The third-order valence-corrected chi connectivity index (χ3v) is 2.24. The van der Waals surface area contributed by atoms with Gasteiger partial charge >= 0.3 is 0 Å². The molecule has 0 bridgehead atoms. The molecule has 1 N–H and O–H groups in total. The van der Waals surface area contributed by atoms with Gasteiger partial charge in [-0.15, -0.1) is 0 Å². The van der Waals surface area contributed by atoms with Gasteiger partial charge in [-0.1, -0.05) is 25.5 Å². The largest absolute Gasteiger partial charge is 0.314 e. The van der Waals surface area contributed by atoms with Gasteiger partial charge in [0.15, 0.2) is 0 Å². The van der Waals surface area contributed by atoms with Crippen LogP contribution >= 0.6 is 0 Å². The van der Waals surface area contributed by atoms with Crippen molar-refractivity contribution in [2.75, 3.05) is 6.54 Å². The second kappa shape index (κ2) is 5.36. The minimum Gasteiger partial charge on any atom is -0.314 e. The van der Waals surface area contributed by atoms with Crippen LogP contribution in [0.5, 0.6) is 0 Å². The van der Waals surface area contributed by atoms with E-state index in [0.29, 0.717) is 0 Å². The van der Waals surface area contributed by atoms with E-state index in [9.17, 15) is 0 Å². The predicted molar refractivity (Wildman–Crippen MR) is 49.7 cm³/mol. The van der Waals surface area contributed by atoms with E-state index in [4.69, 9.17) is 0 Å². The summed E-state index contributed by atoms with van der Waals surface area (Å²) in [6.45, 7) is 3.41. The van der Waals surface area contributed by atoms with Crippen LogP contribution in [0.1, 0.15) is 39.0 Å². The lowest BCUT2D eigenvalue weighted by Crippen LogP contribution is -2.33. The molecule has 1 aliphatic rings. The molecule has 64 valence electrons. The lowest BCUT2D eigenvalue weighted by atomic mass is 10.0. The van der Waals surface area contributed by atoms with E-state index in [1.807, 2.05) is 0 Å². The quantitative estimate of drug-likeness (QED) is 0.614. The number of hydrogen-bond donors (Lipinski definition) is 1. The highest BCUT2D eigenvalue weighted by Crippen LogP contribution is 2.10. The molecule has 0 amide bonds. The van der Waals surface area contributed by atoms with Crippen LogP contribution in [0.4, 0.5) is 0 Å². The van der Waals surface area contributed by atoms with Crippen LogP contribution < -0.4 is 5.32 Å². The summed E-state index contributed by atoms with van der Waals surface area (Å²) in [6.07, 6.45) is 11.1. The SMILES string of the molecule is CC/C=C/CC1CCCCN1. The maximum atomic E-state index is 3.53. The van der Waals surface area contributed by atoms with Crippen LogP contribution in [0.3, 0.4) is 0 Å². The Kier molecular flexibility index (Phi) is 4.29. The predicted octanol–water partition coefficient (Wildman–Crippen LogP) is 2.48. The highest BCUT2D eigenvalue weighted by Gasteiger charge is 2.09. The molecule has 0 spiro atoms. The van der Waals surface area contributed by atoms with Gasteiger partial charge in [0.25, 0.3) is 0 Å². The Morgan fingerprint density at radius 1 is 1.36 bits per heavy atom. The molecule has 1 fully saturated rings. The monoisotopic (exact) mass is 153 g/mol. The lowest BCUT2D eigenvalue weighted by molar-refractivity contribution is 0.403. The molecule has 1 aliphatic heterocycles. The second-order valence-corrected chi connectivity index (χ2v) is 3.26. The minimum atomic E-state index is 0.770. The zero-order chi connectivity index (χ0) is 7.94. The van der Waals surface area contributed by atoms with Gasteiger partial charge in [0, 0.05) is 6.04 Å². The Hall–Kier alpha value is -0.300. The standard InChI is InChI=1S/C10H19N/c1-2-3-4-7-10-8-5-6-9-11-10/h3-4,10-11H,2,5-9H2,1H3/b4-3+. The summed E-state index contributed by atoms with van der Waals surface area (Å²) in [5.41, 5.74) is 0. The van der Waals surface area contributed by atoms with E-state index >= 15 is 0 Å². The average Bonchev–Trinajstić information content (AvgIpc) is 2.07. The lowest BCUT2D eigenvalue weighted by Gasteiger charge is -2.21. The molecule has 0 radical (unpaired) electrons. The van der Waals surface area contributed by atoms with Gasteiger partial charge < -0.3 is 5.32 Å². The fourth-order valence-corrected chi connectivity index (χ4v) is 1.55. The Labute approximate surface area is 69.9 Å². The van der Waals surface area contributed by atoms with E-state index < -0.39 is 0 Å². The molecule has 1 heterocycles. The summed E-state index contributed by atoms with van der Waals surface area (Å²) in [4.78, 5) is 0. The van der Waals surface area contributed by atoms with Crippen molar-refractivity contribution in [1.29, 1.82) is 0 Å². The zero-order valence-electron chi connectivity index (χ0n) is 7.47. The van der Waals surface area contributed by atoms with Crippen molar-refractivity contribution < 1.29 is 0 Å². The summed E-state index contributed by atoms with van der Waals surface area (Å²) in [7, 11) is 0. The smallest absolute Gasteiger partial charge is 0.0102 e. The van der Waals surface area contributed by atoms with Gasteiger partial charge in [-0.25, -0.2) is 0 Å². The first-order valence-corrected chi connectivity index (χ1v) is 4.82. The van der Waals surface area contributed by atoms with Crippen molar-refractivity contribution in [2.45, 2.75) is 45.1 Å². The topological polar surface area (TPSA) is 12.0 Å². The van der Waals surface area contributed by atoms with Crippen molar-refractivity contribution in [3.63, 3.8) is 0 Å². The second-order valence-electron chi connectivity index (χ2n) is 3.26. The Morgan fingerprint density at radius 3 is 2.91 bits per heavy atom.